The third kappa shape index (κ3) is 4.09. The number of hydrogen-bond acceptors (Lipinski definition) is 3. The molecule has 0 saturated heterocycles. The van der Waals surface area contributed by atoms with Crippen LogP contribution >= 0.6 is 0 Å². The molecule has 1 aliphatic rings. The number of hydrogen-bond donors (Lipinski definition) is 2. The quantitative estimate of drug-likeness (QED) is 0.723. The van der Waals surface area contributed by atoms with Gasteiger partial charge in [-0.25, -0.2) is 0 Å². The van der Waals surface area contributed by atoms with Gasteiger partial charge in [0.05, 0.1) is 6.61 Å². The molecular formula is C12H26N2O. The van der Waals surface area contributed by atoms with Gasteiger partial charge in [-0.1, -0.05) is 19.8 Å². The van der Waals surface area contributed by atoms with E-state index in [4.69, 9.17) is 10.8 Å². The standard InChI is InChI=1S/C12H26N2O/c1-10-5-3-4-6-12(10)14(2)8-7-11(13)9-15/h10-12,15H,3-9,13H2,1-2H3. The van der Waals surface area contributed by atoms with Crippen molar-refractivity contribution in [2.24, 2.45) is 11.7 Å². The Bertz CT molecular complexity index is 175. The number of nitrogens with zero attached hydrogens (tertiary/aromatic N) is 1. The maximum Gasteiger partial charge on any atom is 0.0583 e. The van der Waals surface area contributed by atoms with Crippen molar-refractivity contribution in [2.45, 2.75) is 51.1 Å². The second-order valence-corrected chi connectivity index (χ2v) is 5.04. The molecule has 0 radical (unpaired) electrons. The second kappa shape index (κ2) is 6.46. The summed E-state index contributed by atoms with van der Waals surface area (Å²) in [5, 5.41) is 8.87. The summed E-state index contributed by atoms with van der Waals surface area (Å²) < 4.78 is 0. The number of nitrogens with two attached hydrogens (primary N) is 1. The Morgan fingerprint density at radius 1 is 1.40 bits per heavy atom. The van der Waals surface area contributed by atoms with Crippen LogP contribution in [-0.4, -0.2) is 42.3 Å². The first-order valence-corrected chi connectivity index (χ1v) is 6.21. The van der Waals surface area contributed by atoms with Gasteiger partial charge in [-0.2, -0.15) is 0 Å². The van der Waals surface area contributed by atoms with Crippen LogP contribution in [0.5, 0.6) is 0 Å². The molecule has 3 atom stereocenters. The minimum absolute atomic E-state index is 0.0497. The van der Waals surface area contributed by atoms with Crippen molar-refractivity contribution in [3.8, 4) is 0 Å². The van der Waals surface area contributed by atoms with E-state index in [1.807, 2.05) is 0 Å². The Balaban J connectivity index is 2.28. The van der Waals surface area contributed by atoms with E-state index >= 15 is 0 Å². The van der Waals surface area contributed by atoms with E-state index in [-0.39, 0.29) is 12.6 Å². The Hall–Kier alpha value is -0.120. The third-order valence-electron chi connectivity index (χ3n) is 3.72. The summed E-state index contributed by atoms with van der Waals surface area (Å²) in [6, 6.07) is 0.677. The maximum absolute atomic E-state index is 8.87. The Morgan fingerprint density at radius 2 is 2.07 bits per heavy atom. The molecule has 3 nitrogen and oxygen atoms in total. The average Bonchev–Trinajstić information content (AvgIpc) is 2.26. The summed E-state index contributed by atoms with van der Waals surface area (Å²) in [7, 11) is 2.19. The van der Waals surface area contributed by atoms with Crippen LogP contribution in [0.15, 0.2) is 0 Å². The molecule has 1 rings (SSSR count). The molecule has 0 aromatic heterocycles. The molecule has 1 fully saturated rings. The van der Waals surface area contributed by atoms with Crippen LogP contribution in [-0.2, 0) is 0 Å². The van der Waals surface area contributed by atoms with Crippen molar-refractivity contribution in [3.05, 3.63) is 0 Å². The summed E-state index contributed by atoms with van der Waals surface area (Å²) in [6.07, 6.45) is 6.34. The van der Waals surface area contributed by atoms with Crippen LogP contribution in [0.2, 0.25) is 0 Å². The highest BCUT2D eigenvalue weighted by molar-refractivity contribution is 4.79. The van der Waals surface area contributed by atoms with E-state index in [1.165, 1.54) is 25.7 Å². The molecule has 3 N–H and O–H groups in total. The van der Waals surface area contributed by atoms with Crippen LogP contribution in [0.3, 0.4) is 0 Å². The highest BCUT2D eigenvalue weighted by atomic mass is 16.3. The van der Waals surface area contributed by atoms with E-state index in [0.717, 1.165) is 24.9 Å². The molecular weight excluding hydrogens is 188 g/mol. The SMILES string of the molecule is CC1CCCCC1N(C)CCC(N)CO. The van der Waals surface area contributed by atoms with Crippen LogP contribution in [0.25, 0.3) is 0 Å². The van der Waals surface area contributed by atoms with Crippen molar-refractivity contribution in [1.82, 2.24) is 4.90 Å². The van der Waals surface area contributed by atoms with Gasteiger partial charge in [-0.05, 0) is 38.8 Å². The Kier molecular flexibility index (Phi) is 5.58. The zero-order chi connectivity index (χ0) is 11.3. The van der Waals surface area contributed by atoms with Crippen LogP contribution in [0.4, 0.5) is 0 Å². The molecule has 3 heteroatoms. The van der Waals surface area contributed by atoms with Crippen molar-refractivity contribution < 1.29 is 5.11 Å². The molecule has 0 aromatic carbocycles. The molecule has 0 aromatic rings. The lowest BCUT2D eigenvalue weighted by Crippen LogP contribution is -2.41. The molecule has 15 heavy (non-hydrogen) atoms. The van der Waals surface area contributed by atoms with Crippen molar-refractivity contribution in [2.75, 3.05) is 20.2 Å². The fraction of sp³-hybridized carbons (Fsp3) is 1.00. The maximum atomic E-state index is 8.87. The predicted molar refractivity (Wildman–Crippen MR) is 63.7 cm³/mol. The van der Waals surface area contributed by atoms with Crippen molar-refractivity contribution in [1.29, 1.82) is 0 Å². The number of aliphatic hydroxyl groups excluding tert-OH is 1. The van der Waals surface area contributed by atoms with Crippen LogP contribution in [0, 0.1) is 5.92 Å². The molecule has 0 spiro atoms. The zero-order valence-corrected chi connectivity index (χ0v) is 10.2. The van der Waals surface area contributed by atoms with Gasteiger partial charge in [0.25, 0.3) is 0 Å². The van der Waals surface area contributed by atoms with E-state index < -0.39 is 0 Å². The molecule has 0 aliphatic heterocycles. The van der Waals surface area contributed by atoms with Gasteiger partial charge in [0.15, 0.2) is 0 Å². The van der Waals surface area contributed by atoms with Crippen molar-refractivity contribution in [3.63, 3.8) is 0 Å². The Morgan fingerprint density at radius 3 is 2.67 bits per heavy atom. The molecule has 1 aliphatic carbocycles. The number of rotatable bonds is 5. The second-order valence-electron chi connectivity index (χ2n) is 5.04. The smallest absolute Gasteiger partial charge is 0.0583 e. The molecule has 0 bridgehead atoms. The van der Waals surface area contributed by atoms with Gasteiger partial charge in [-0.3, -0.25) is 0 Å². The highest BCUT2D eigenvalue weighted by Crippen LogP contribution is 2.27. The molecule has 0 heterocycles. The molecule has 0 amide bonds. The lowest BCUT2D eigenvalue weighted by atomic mass is 9.85. The van der Waals surface area contributed by atoms with Gasteiger partial charge < -0.3 is 15.7 Å². The lowest BCUT2D eigenvalue weighted by Gasteiger charge is -2.36. The van der Waals surface area contributed by atoms with E-state index in [2.05, 4.69) is 18.9 Å². The minimum atomic E-state index is -0.0497. The molecule has 1 saturated carbocycles. The van der Waals surface area contributed by atoms with Crippen LogP contribution < -0.4 is 5.73 Å². The Labute approximate surface area is 93.6 Å². The first kappa shape index (κ1) is 12.9. The topological polar surface area (TPSA) is 49.5 Å². The summed E-state index contributed by atoms with van der Waals surface area (Å²) in [5.74, 6) is 0.814. The number of aliphatic hydroxyl groups is 1. The van der Waals surface area contributed by atoms with Gasteiger partial charge >= 0.3 is 0 Å². The first-order chi connectivity index (χ1) is 7.15. The fourth-order valence-corrected chi connectivity index (χ4v) is 2.58. The van der Waals surface area contributed by atoms with Crippen LogP contribution in [0.1, 0.15) is 39.0 Å². The van der Waals surface area contributed by atoms with E-state index in [1.54, 1.807) is 0 Å². The largest absolute Gasteiger partial charge is 0.395 e. The molecule has 3 unspecified atom stereocenters. The lowest BCUT2D eigenvalue weighted by molar-refractivity contribution is 0.131. The van der Waals surface area contributed by atoms with Gasteiger partial charge in [0, 0.05) is 12.1 Å². The molecule has 90 valence electrons. The zero-order valence-electron chi connectivity index (χ0n) is 10.2. The van der Waals surface area contributed by atoms with E-state index in [0.29, 0.717) is 0 Å². The van der Waals surface area contributed by atoms with Gasteiger partial charge in [0.2, 0.25) is 0 Å². The summed E-state index contributed by atoms with van der Waals surface area (Å²) in [5.41, 5.74) is 5.71. The summed E-state index contributed by atoms with van der Waals surface area (Å²) >= 11 is 0. The first-order valence-electron chi connectivity index (χ1n) is 6.21. The fourth-order valence-electron chi connectivity index (χ4n) is 2.58. The monoisotopic (exact) mass is 214 g/mol. The highest BCUT2D eigenvalue weighted by Gasteiger charge is 2.24. The predicted octanol–water partition coefficient (Wildman–Crippen LogP) is 1.21. The van der Waals surface area contributed by atoms with Gasteiger partial charge in [-0.15, -0.1) is 0 Å². The van der Waals surface area contributed by atoms with E-state index in [9.17, 15) is 0 Å². The van der Waals surface area contributed by atoms with Crippen molar-refractivity contribution >= 4 is 0 Å². The minimum Gasteiger partial charge on any atom is -0.395 e. The average molecular weight is 214 g/mol. The third-order valence-corrected chi connectivity index (χ3v) is 3.72. The van der Waals surface area contributed by atoms with Gasteiger partial charge in [0.1, 0.15) is 0 Å². The summed E-state index contributed by atoms with van der Waals surface area (Å²) in [4.78, 5) is 2.43. The normalized spacial score (nSPS) is 29.4. The summed E-state index contributed by atoms with van der Waals surface area (Å²) in [6.45, 7) is 3.47.